The van der Waals surface area contributed by atoms with Crippen molar-refractivity contribution in [2.45, 2.75) is 18.6 Å². The van der Waals surface area contributed by atoms with E-state index in [2.05, 4.69) is 4.90 Å². The molecule has 1 heterocycles. The number of fused-ring (bicyclic) bond motifs is 1. The molecule has 0 fully saturated rings. The van der Waals surface area contributed by atoms with Crippen LogP contribution in [0.4, 0.5) is 0 Å². The van der Waals surface area contributed by atoms with Gasteiger partial charge in [-0.25, -0.2) is 4.79 Å². The van der Waals surface area contributed by atoms with Crippen molar-refractivity contribution in [1.82, 2.24) is 4.90 Å². The number of hydrogen-bond donors (Lipinski definition) is 7. The molecule has 236 valence electrons. The van der Waals surface area contributed by atoms with Crippen LogP contribution in [-0.2, 0) is 11.2 Å². The number of rotatable bonds is 9. The van der Waals surface area contributed by atoms with E-state index in [1.165, 1.54) is 24.3 Å². The predicted octanol–water partition coefficient (Wildman–Crippen LogP) is 4.95. The van der Waals surface area contributed by atoms with Gasteiger partial charge < -0.3 is 45.2 Å². The fraction of sp³-hybridized carbons (Fsp3) is 0.321. The second-order valence-corrected chi connectivity index (χ2v) is 10.3. The maximum absolute atomic E-state index is 12.7. The number of halogens is 4. The normalized spacial score (nSPS) is 15.3. The highest BCUT2D eigenvalue weighted by Gasteiger charge is 2.37. The lowest BCUT2D eigenvalue weighted by Gasteiger charge is -2.34. The molecule has 2 unspecified atom stereocenters. The van der Waals surface area contributed by atoms with Gasteiger partial charge in [-0.3, -0.25) is 4.90 Å². The Balaban J connectivity index is 0.000000507. The SMILES string of the molecule is Cl.ClCCN(CCCl)CCCl.O=C(OC1Cc2c(O)cc(O)cc2OC1c1ccc(O)c(O)c1)c1cc(O)c(O)c(O)c1. The van der Waals surface area contributed by atoms with Crippen LogP contribution in [0.1, 0.15) is 27.6 Å². The summed E-state index contributed by atoms with van der Waals surface area (Å²) in [6.07, 6.45) is -2.12. The second kappa shape index (κ2) is 16.5. The molecule has 15 heteroatoms. The molecule has 3 aromatic carbocycles. The third-order valence-corrected chi connectivity index (χ3v) is 6.77. The average molecular weight is 683 g/mol. The number of benzene rings is 3. The number of hydrogen-bond acceptors (Lipinski definition) is 11. The summed E-state index contributed by atoms with van der Waals surface area (Å²) in [4.78, 5) is 14.8. The molecular weight excluding hydrogens is 652 g/mol. The van der Waals surface area contributed by atoms with Crippen molar-refractivity contribution in [3.05, 3.63) is 59.2 Å². The van der Waals surface area contributed by atoms with Crippen molar-refractivity contribution in [3.63, 3.8) is 0 Å². The number of carbonyl (C=O) groups excluding carboxylic acids is 1. The Morgan fingerprint density at radius 3 is 1.91 bits per heavy atom. The zero-order valence-electron chi connectivity index (χ0n) is 22.5. The highest BCUT2D eigenvalue weighted by molar-refractivity contribution is 6.18. The van der Waals surface area contributed by atoms with Gasteiger partial charge >= 0.3 is 5.97 Å². The summed E-state index contributed by atoms with van der Waals surface area (Å²) in [6, 6.07) is 8.07. The number of aromatic hydroxyl groups is 7. The van der Waals surface area contributed by atoms with E-state index in [0.717, 1.165) is 37.8 Å². The molecule has 1 aliphatic heterocycles. The molecule has 4 rings (SSSR count). The number of phenolic OH excluding ortho intramolecular Hbond substituents is 7. The summed E-state index contributed by atoms with van der Waals surface area (Å²) in [5, 5.41) is 68.2. The third kappa shape index (κ3) is 9.32. The van der Waals surface area contributed by atoms with Gasteiger partial charge in [0.25, 0.3) is 0 Å². The molecule has 0 aliphatic carbocycles. The van der Waals surface area contributed by atoms with E-state index < -0.39 is 41.2 Å². The second-order valence-electron chi connectivity index (χ2n) is 9.15. The van der Waals surface area contributed by atoms with Gasteiger partial charge in [0.15, 0.2) is 34.9 Å². The highest BCUT2D eigenvalue weighted by Crippen LogP contribution is 2.44. The van der Waals surface area contributed by atoms with Gasteiger partial charge in [0, 0.05) is 67.0 Å². The zero-order valence-corrected chi connectivity index (χ0v) is 25.6. The summed E-state index contributed by atoms with van der Waals surface area (Å²) in [5.74, 6) is -2.49. The highest BCUT2D eigenvalue weighted by atomic mass is 35.5. The molecule has 3 aromatic rings. The molecule has 11 nitrogen and oxygen atoms in total. The Hall–Kier alpha value is -3.35. The van der Waals surface area contributed by atoms with E-state index in [-0.39, 0.29) is 53.0 Å². The quantitative estimate of drug-likeness (QED) is 0.0921. The Morgan fingerprint density at radius 1 is 0.791 bits per heavy atom. The molecular formula is C28H31Cl4NO10. The van der Waals surface area contributed by atoms with Gasteiger partial charge in [0.05, 0.1) is 5.56 Å². The van der Waals surface area contributed by atoms with Crippen molar-refractivity contribution in [2.75, 3.05) is 37.3 Å². The Kier molecular flexibility index (Phi) is 13.7. The smallest absolute Gasteiger partial charge is 0.338 e. The minimum Gasteiger partial charge on any atom is -0.508 e. The number of esters is 1. The van der Waals surface area contributed by atoms with Crippen LogP contribution < -0.4 is 4.74 Å². The maximum Gasteiger partial charge on any atom is 0.338 e. The fourth-order valence-corrected chi connectivity index (χ4v) is 4.89. The minimum absolute atomic E-state index is 0. The molecule has 0 bridgehead atoms. The monoisotopic (exact) mass is 681 g/mol. The average Bonchev–Trinajstić information content (AvgIpc) is 2.93. The number of carbonyl (C=O) groups is 1. The van der Waals surface area contributed by atoms with E-state index in [0.29, 0.717) is 23.2 Å². The van der Waals surface area contributed by atoms with Crippen LogP contribution in [0, 0.1) is 0 Å². The summed E-state index contributed by atoms with van der Waals surface area (Å²) in [6.45, 7) is 2.63. The van der Waals surface area contributed by atoms with Crippen molar-refractivity contribution in [1.29, 1.82) is 0 Å². The summed E-state index contributed by atoms with van der Waals surface area (Å²) < 4.78 is 11.4. The Morgan fingerprint density at radius 2 is 1.37 bits per heavy atom. The summed E-state index contributed by atoms with van der Waals surface area (Å²) >= 11 is 16.6. The molecule has 0 saturated heterocycles. The zero-order chi connectivity index (χ0) is 31.0. The van der Waals surface area contributed by atoms with Crippen molar-refractivity contribution in [2.24, 2.45) is 0 Å². The topological polar surface area (TPSA) is 180 Å². The van der Waals surface area contributed by atoms with Crippen LogP contribution in [0.15, 0.2) is 42.5 Å². The number of ether oxygens (including phenoxy) is 2. The van der Waals surface area contributed by atoms with Crippen molar-refractivity contribution in [3.8, 4) is 46.0 Å². The van der Waals surface area contributed by atoms with Gasteiger partial charge in [-0.2, -0.15) is 0 Å². The van der Waals surface area contributed by atoms with Gasteiger partial charge in [0.1, 0.15) is 23.4 Å². The summed E-state index contributed by atoms with van der Waals surface area (Å²) in [5.41, 5.74) is 0.324. The molecule has 0 aromatic heterocycles. The standard InChI is InChI=1S/C22H18O10.C6H12Cl3N.ClH/c23-11-6-14(25)12-8-19(32-22(30)10-4-16(27)20(29)17(28)5-10)21(31-18(12)7-11)9-1-2-13(24)15(26)3-9;7-1-4-10(5-2-8)6-3-9;/h1-7,19,21,23-29H,8H2;1-6H2;1H. The largest absolute Gasteiger partial charge is 0.508 e. The molecule has 7 N–H and O–H groups in total. The van der Waals surface area contributed by atoms with Crippen molar-refractivity contribution >= 4 is 53.2 Å². The van der Waals surface area contributed by atoms with Gasteiger partial charge in [-0.1, -0.05) is 6.07 Å². The first kappa shape index (κ1) is 35.8. The number of phenols is 7. The van der Waals surface area contributed by atoms with E-state index in [1.807, 2.05) is 0 Å². The van der Waals surface area contributed by atoms with Crippen LogP contribution in [0.25, 0.3) is 0 Å². The molecule has 0 spiro atoms. The van der Waals surface area contributed by atoms with Crippen molar-refractivity contribution < 1.29 is 50.0 Å². The maximum atomic E-state index is 12.7. The Bertz CT molecular complexity index is 1360. The predicted molar refractivity (Wildman–Crippen MR) is 163 cm³/mol. The lowest BCUT2D eigenvalue weighted by molar-refractivity contribution is -0.0189. The first-order chi connectivity index (χ1) is 20.0. The van der Waals surface area contributed by atoms with E-state index in [1.54, 1.807) is 0 Å². The molecule has 0 saturated carbocycles. The minimum atomic E-state index is -1.06. The lowest BCUT2D eigenvalue weighted by atomic mass is 9.93. The Labute approximate surface area is 268 Å². The van der Waals surface area contributed by atoms with Crippen LogP contribution >= 0.6 is 47.2 Å². The van der Waals surface area contributed by atoms with E-state index in [9.17, 15) is 40.5 Å². The molecule has 0 amide bonds. The lowest BCUT2D eigenvalue weighted by Crippen LogP contribution is -2.34. The molecule has 43 heavy (non-hydrogen) atoms. The van der Waals surface area contributed by atoms with Crippen LogP contribution in [0.3, 0.4) is 0 Å². The summed E-state index contributed by atoms with van der Waals surface area (Å²) in [7, 11) is 0. The first-order valence-electron chi connectivity index (χ1n) is 12.6. The fourth-order valence-electron chi connectivity index (χ4n) is 4.17. The number of alkyl halides is 3. The first-order valence-corrected chi connectivity index (χ1v) is 14.2. The van der Waals surface area contributed by atoms with E-state index in [4.69, 9.17) is 44.3 Å². The van der Waals surface area contributed by atoms with Gasteiger partial charge in [-0.15, -0.1) is 47.2 Å². The molecule has 0 radical (unpaired) electrons. The van der Waals surface area contributed by atoms with Crippen LogP contribution in [0.5, 0.6) is 46.0 Å². The molecule has 1 aliphatic rings. The van der Waals surface area contributed by atoms with Crippen LogP contribution in [0.2, 0.25) is 0 Å². The van der Waals surface area contributed by atoms with Crippen LogP contribution in [-0.4, -0.2) is 90.0 Å². The van der Waals surface area contributed by atoms with Gasteiger partial charge in [-0.05, 0) is 24.3 Å². The van der Waals surface area contributed by atoms with Gasteiger partial charge in [0.2, 0.25) is 0 Å². The van der Waals surface area contributed by atoms with E-state index >= 15 is 0 Å². The molecule has 2 atom stereocenters. The number of nitrogens with zero attached hydrogens (tertiary/aromatic N) is 1. The third-order valence-electron chi connectivity index (χ3n) is 6.26.